The predicted octanol–water partition coefficient (Wildman–Crippen LogP) is 5.35. The molecule has 0 aliphatic carbocycles. The summed E-state index contributed by atoms with van der Waals surface area (Å²) in [7, 11) is 1.65. The van der Waals surface area contributed by atoms with E-state index in [1.54, 1.807) is 12.0 Å². The summed E-state index contributed by atoms with van der Waals surface area (Å²) in [4.78, 5) is 24.0. The topological polar surface area (TPSA) is 87.4 Å². The summed E-state index contributed by atoms with van der Waals surface area (Å²) >= 11 is 0. The molecule has 38 heavy (non-hydrogen) atoms. The van der Waals surface area contributed by atoms with Gasteiger partial charge in [0.25, 0.3) is 0 Å². The number of rotatable bonds is 8. The Hall–Kier alpha value is -3.85. The van der Waals surface area contributed by atoms with Crippen molar-refractivity contribution in [3.63, 3.8) is 0 Å². The van der Waals surface area contributed by atoms with E-state index in [9.17, 15) is 4.79 Å². The molecule has 0 spiro atoms. The van der Waals surface area contributed by atoms with Gasteiger partial charge in [0.1, 0.15) is 41.5 Å². The van der Waals surface area contributed by atoms with Crippen LogP contribution in [0.25, 0.3) is 27.9 Å². The Morgan fingerprint density at radius 1 is 1.11 bits per heavy atom. The van der Waals surface area contributed by atoms with Gasteiger partial charge in [0.2, 0.25) is 0 Å². The highest BCUT2D eigenvalue weighted by Crippen LogP contribution is 2.30. The average Bonchev–Trinajstić information content (AvgIpc) is 3.53. The molecule has 0 radical (unpaired) electrons. The standard InChI is InChI=1S/C29H34N4O5/c1-29(2,3)38-28(34)32-13-6-8-21(32)19-37-25-9-5-7-20-10-11-23(31-27(20)25)24-18-30-26-17-22(12-14-33(24)26)36-16-15-35-4/h5,7,9-12,14,17-18,21H,6,8,13,15-16,19H2,1-4H3/t21-/m1/s1. The fourth-order valence-corrected chi connectivity index (χ4v) is 4.62. The highest BCUT2D eigenvalue weighted by molar-refractivity contribution is 5.86. The molecule has 1 aliphatic rings. The van der Waals surface area contributed by atoms with Crippen molar-refractivity contribution < 1.29 is 23.7 Å². The molecular weight excluding hydrogens is 484 g/mol. The number of benzene rings is 1. The average molecular weight is 519 g/mol. The van der Waals surface area contributed by atoms with E-state index < -0.39 is 5.60 Å². The minimum absolute atomic E-state index is 0.0395. The normalized spacial score (nSPS) is 15.8. The van der Waals surface area contributed by atoms with Crippen LogP contribution in [0.4, 0.5) is 4.79 Å². The van der Waals surface area contributed by atoms with Crippen LogP contribution in [-0.4, -0.2) is 70.5 Å². The van der Waals surface area contributed by atoms with E-state index in [1.807, 2.05) is 80.0 Å². The van der Waals surface area contributed by atoms with E-state index >= 15 is 0 Å². The van der Waals surface area contributed by atoms with Gasteiger partial charge in [-0.25, -0.2) is 14.8 Å². The van der Waals surface area contributed by atoms with Crippen LogP contribution in [0.2, 0.25) is 0 Å². The van der Waals surface area contributed by atoms with Gasteiger partial charge in [-0.2, -0.15) is 0 Å². The molecule has 0 unspecified atom stereocenters. The number of nitrogens with zero attached hydrogens (tertiary/aromatic N) is 4. The predicted molar refractivity (Wildman–Crippen MR) is 145 cm³/mol. The molecule has 5 rings (SSSR count). The SMILES string of the molecule is COCCOc1ccn2c(-c3ccc4cccc(OC[C@H]5CCCN5C(=O)OC(C)(C)C)c4n3)cnc2c1. The maximum atomic E-state index is 12.7. The third-order valence-corrected chi connectivity index (χ3v) is 6.42. The second-order valence-electron chi connectivity index (χ2n) is 10.4. The van der Waals surface area contributed by atoms with Crippen molar-refractivity contribution in [2.45, 2.75) is 45.3 Å². The number of hydrogen-bond acceptors (Lipinski definition) is 7. The zero-order valence-corrected chi connectivity index (χ0v) is 22.3. The summed E-state index contributed by atoms with van der Waals surface area (Å²) in [6.45, 7) is 7.70. The molecule has 9 nitrogen and oxygen atoms in total. The molecule has 0 bridgehead atoms. The van der Waals surface area contributed by atoms with Gasteiger partial charge < -0.3 is 23.8 Å². The van der Waals surface area contributed by atoms with Crippen molar-refractivity contribution in [2.24, 2.45) is 0 Å². The van der Waals surface area contributed by atoms with Crippen LogP contribution in [0.5, 0.6) is 11.5 Å². The number of ether oxygens (including phenoxy) is 4. The summed E-state index contributed by atoms with van der Waals surface area (Å²) in [5.74, 6) is 1.42. The number of aromatic nitrogens is 3. The second kappa shape index (κ2) is 10.9. The van der Waals surface area contributed by atoms with Gasteiger partial charge in [-0.05, 0) is 51.8 Å². The van der Waals surface area contributed by atoms with Crippen LogP contribution in [-0.2, 0) is 9.47 Å². The van der Waals surface area contributed by atoms with Crippen LogP contribution in [0.1, 0.15) is 33.6 Å². The van der Waals surface area contributed by atoms with Crippen molar-refractivity contribution in [1.82, 2.24) is 19.3 Å². The summed E-state index contributed by atoms with van der Waals surface area (Å²) in [5, 5.41) is 0.976. The van der Waals surface area contributed by atoms with Gasteiger partial charge in [0.05, 0.1) is 30.2 Å². The Morgan fingerprint density at radius 3 is 2.79 bits per heavy atom. The zero-order valence-electron chi connectivity index (χ0n) is 22.3. The largest absolute Gasteiger partial charge is 0.491 e. The van der Waals surface area contributed by atoms with Gasteiger partial charge in [-0.3, -0.25) is 4.40 Å². The van der Waals surface area contributed by atoms with Gasteiger partial charge in [-0.15, -0.1) is 0 Å². The number of methoxy groups -OCH3 is 1. The second-order valence-corrected chi connectivity index (χ2v) is 10.4. The maximum Gasteiger partial charge on any atom is 0.410 e. The molecule has 1 amide bonds. The summed E-state index contributed by atoms with van der Waals surface area (Å²) in [5.41, 5.74) is 2.65. The number of carbonyl (C=O) groups is 1. The van der Waals surface area contributed by atoms with Crippen molar-refractivity contribution in [3.8, 4) is 22.9 Å². The molecule has 0 N–H and O–H groups in total. The molecule has 1 fully saturated rings. The van der Waals surface area contributed by atoms with E-state index in [0.717, 1.165) is 46.5 Å². The number of likely N-dealkylation sites (tertiary alicyclic amines) is 1. The number of hydrogen-bond donors (Lipinski definition) is 0. The molecule has 4 heterocycles. The first-order valence-electron chi connectivity index (χ1n) is 12.9. The maximum absolute atomic E-state index is 12.7. The smallest absolute Gasteiger partial charge is 0.410 e. The number of carbonyl (C=O) groups excluding carboxylic acids is 1. The van der Waals surface area contributed by atoms with Gasteiger partial charge >= 0.3 is 6.09 Å². The lowest BCUT2D eigenvalue weighted by Gasteiger charge is -2.28. The molecule has 9 heteroatoms. The first-order chi connectivity index (χ1) is 18.3. The lowest BCUT2D eigenvalue weighted by molar-refractivity contribution is 0.0188. The quantitative estimate of drug-likeness (QED) is 0.291. The van der Waals surface area contributed by atoms with Gasteiger partial charge in [-0.1, -0.05) is 18.2 Å². The van der Waals surface area contributed by atoms with Gasteiger partial charge in [0, 0.05) is 31.3 Å². The molecular formula is C29H34N4O5. The van der Waals surface area contributed by atoms with Crippen LogP contribution >= 0.6 is 0 Å². The number of fused-ring (bicyclic) bond motifs is 2. The molecule has 200 valence electrons. The summed E-state index contributed by atoms with van der Waals surface area (Å²) < 4.78 is 24.6. The Labute approximate surface area is 222 Å². The van der Waals surface area contributed by atoms with E-state index in [0.29, 0.717) is 32.1 Å². The van der Waals surface area contributed by atoms with Crippen molar-refractivity contribution >= 4 is 22.6 Å². The van der Waals surface area contributed by atoms with Crippen LogP contribution in [0.15, 0.2) is 54.9 Å². The van der Waals surface area contributed by atoms with E-state index in [-0.39, 0.29) is 12.1 Å². The number of pyridine rings is 2. The Kier molecular flexibility index (Phi) is 7.37. The van der Waals surface area contributed by atoms with Crippen molar-refractivity contribution in [1.29, 1.82) is 0 Å². The van der Waals surface area contributed by atoms with Crippen LogP contribution in [0, 0.1) is 0 Å². The molecule has 1 aliphatic heterocycles. The highest BCUT2D eigenvalue weighted by Gasteiger charge is 2.32. The number of para-hydroxylation sites is 1. The molecule has 1 saturated heterocycles. The Bertz CT molecular complexity index is 1430. The van der Waals surface area contributed by atoms with E-state index in [1.165, 1.54) is 0 Å². The minimum Gasteiger partial charge on any atom is -0.491 e. The highest BCUT2D eigenvalue weighted by atomic mass is 16.6. The summed E-state index contributed by atoms with van der Waals surface area (Å²) in [6, 6.07) is 13.7. The first kappa shape index (κ1) is 25.8. The lowest BCUT2D eigenvalue weighted by Crippen LogP contribution is -2.42. The number of amides is 1. The molecule has 3 aromatic heterocycles. The Morgan fingerprint density at radius 2 is 1.97 bits per heavy atom. The van der Waals surface area contributed by atoms with E-state index in [2.05, 4.69) is 4.98 Å². The zero-order chi connectivity index (χ0) is 26.7. The number of imidazole rings is 1. The van der Waals surface area contributed by atoms with Gasteiger partial charge in [0.15, 0.2) is 0 Å². The van der Waals surface area contributed by atoms with Crippen molar-refractivity contribution in [2.75, 3.05) is 33.5 Å². The fraction of sp³-hybridized carbons (Fsp3) is 0.414. The fourth-order valence-electron chi connectivity index (χ4n) is 4.62. The first-order valence-corrected chi connectivity index (χ1v) is 12.9. The third-order valence-electron chi connectivity index (χ3n) is 6.42. The lowest BCUT2D eigenvalue weighted by atomic mass is 10.1. The summed E-state index contributed by atoms with van der Waals surface area (Å²) in [6.07, 6.45) is 5.25. The molecule has 0 saturated carbocycles. The molecule has 4 aromatic rings. The minimum atomic E-state index is -0.530. The Balaban J connectivity index is 1.36. The molecule has 1 atom stereocenters. The van der Waals surface area contributed by atoms with Crippen LogP contribution < -0.4 is 9.47 Å². The third kappa shape index (κ3) is 5.67. The molecule has 1 aromatic carbocycles. The monoisotopic (exact) mass is 518 g/mol. The van der Waals surface area contributed by atoms with Crippen molar-refractivity contribution in [3.05, 3.63) is 54.9 Å². The van der Waals surface area contributed by atoms with Crippen LogP contribution in [0.3, 0.4) is 0 Å². The van der Waals surface area contributed by atoms with E-state index in [4.69, 9.17) is 23.9 Å².